The Bertz CT molecular complexity index is 409. The molecule has 1 N–H and O–H groups in total. The van der Waals surface area contributed by atoms with E-state index in [1.165, 1.54) is 18.5 Å². The van der Waals surface area contributed by atoms with E-state index in [0.29, 0.717) is 6.54 Å². The van der Waals surface area contributed by atoms with Gasteiger partial charge in [0.2, 0.25) is 5.91 Å². The predicted molar refractivity (Wildman–Crippen MR) is 74.6 cm³/mol. The molecule has 2 rings (SSSR count). The van der Waals surface area contributed by atoms with Gasteiger partial charge in [0.1, 0.15) is 0 Å². The van der Waals surface area contributed by atoms with Gasteiger partial charge in [0, 0.05) is 32.2 Å². The van der Waals surface area contributed by atoms with E-state index in [9.17, 15) is 4.79 Å². The molecule has 0 aromatic heterocycles. The van der Waals surface area contributed by atoms with Gasteiger partial charge in [-0.1, -0.05) is 25.0 Å². The first-order valence-electron chi connectivity index (χ1n) is 6.71. The van der Waals surface area contributed by atoms with Crippen LogP contribution in [0.1, 0.15) is 31.2 Å². The highest BCUT2D eigenvalue weighted by atomic mass is 16.1. The van der Waals surface area contributed by atoms with Gasteiger partial charge in [0.05, 0.1) is 0 Å². The Hall–Kier alpha value is -1.51. The molecule has 3 heteroatoms. The minimum Gasteiger partial charge on any atom is -0.378 e. The van der Waals surface area contributed by atoms with Crippen molar-refractivity contribution in [2.45, 2.75) is 32.2 Å². The van der Waals surface area contributed by atoms with Gasteiger partial charge in [-0.05, 0) is 30.5 Å². The van der Waals surface area contributed by atoms with Crippen LogP contribution in [0.25, 0.3) is 0 Å². The Labute approximate surface area is 109 Å². The number of carbonyl (C=O) groups is 1. The fourth-order valence-corrected chi connectivity index (χ4v) is 2.47. The second-order valence-corrected chi connectivity index (χ2v) is 5.26. The third-order valence-electron chi connectivity index (χ3n) is 3.62. The van der Waals surface area contributed by atoms with E-state index in [2.05, 4.69) is 28.4 Å². The van der Waals surface area contributed by atoms with E-state index in [4.69, 9.17) is 0 Å². The lowest BCUT2D eigenvalue weighted by Crippen LogP contribution is -2.28. The van der Waals surface area contributed by atoms with Crippen molar-refractivity contribution in [1.82, 2.24) is 5.32 Å². The van der Waals surface area contributed by atoms with Crippen LogP contribution < -0.4 is 10.2 Å². The first-order chi connectivity index (χ1) is 8.66. The summed E-state index contributed by atoms with van der Waals surface area (Å²) in [6, 6.07) is 8.28. The first kappa shape index (κ1) is 12.9. The molecular weight excluding hydrogens is 224 g/mol. The molecule has 0 bridgehead atoms. The van der Waals surface area contributed by atoms with Crippen molar-refractivity contribution in [2.75, 3.05) is 19.0 Å². The van der Waals surface area contributed by atoms with E-state index in [1.54, 1.807) is 0 Å². The fourth-order valence-electron chi connectivity index (χ4n) is 2.47. The molecule has 0 aliphatic heterocycles. The number of benzene rings is 1. The molecule has 18 heavy (non-hydrogen) atoms. The summed E-state index contributed by atoms with van der Waals surface area (Å²) in [6.07, 6.45) is 4.52. The zero-order chi connectivity index (χ0) is 13.0. The predicted octanol–water partition coefficient (Wildman–Crippen LogP) is 2.56. The maximum Gasteiger partial charge on any atom is 0.223 e. The molecule has 3 nitrogen and oxygen atoms in total. The van der Waals surface area contributed by atoms with Crippen LogP contribution in [0.15, 0.2) is 24.3 Å². The number of carbonyl (C=O) groups excluding carboxylic acids is 1. The van der Waals surface area contributed by atoms with Crippen LogP contribution in [0.3, 0.4) is 0 Å². The maximum atomic E-state index is 11.9. The molecule has 0 spiro atoms. The lowest BCUT2D eigenvalue weighted by Gasteiger charge is -2.14. The van der Waals surface area contributed by atoms with Crippen molar-refractivity contribution in [2.24, 2.45) is 5.92 Å². The van der Waals surface area contributed by atoms with Crippen LogP contribution in [0, 0.1) is 5.92 Å². The molecule has 1 aliphatic rings. The van der Waals surface area contributed by atoms with Crippen molar-refractivity contribution in [1.29, 1.82) is 0 Å². The normalized spacial score (nSPS) is 15.7. The zero-order valence-electron chi connectivity index (χ0n) is 11.3. The number of amides is 1. The third-order valence-corrected chi connectivity index (χ3v) is 3.62. The van der Waals surface area contributed by atoms with E-state index >= 15 is 0 Å². The van der Waals surface area contributed by atoms with Gasteiger partial charge in [-0.2, -0.15) is 0 Å². The summed E-state index contributed by atoms with van der Waals surface area (Å²) >= 11 is 0. The van der Waals surface area contributed by atoms with Crippen LogP contribution in [0.2, 0.25) is 0 Å². The van der Waals surface area contributed by atoms with Gasteiger partial charge in [0.25, 0.3) is 0 Å². The van der Waals surface area contributed by atoms with Crippen LogP contribution in [0.4, 0.5) is 5.69 Å². The average Bonchev–Trinajstić information content (AvgIpc) is 2.90. The SMILES string of the molecule is CN(C)c1cccc(CNC(=O)C2CCCC2)c1. The van der Waals surface area contributed by atoms with Crippen molar-refractivity contribution >= 4 is 11.6 Å². The minimum absolute atomic E-state index is 0.225. The lowest BCUT2D eigenvalue weighted by molar-refractivity contribution is -0.124. The van der Waals surface area contributed by atoms with Crippen molar-refractivity contribution in [3.05, 3.63) is 29.8 Å². The van der Waals surface area contributed by atoms with Crippen LogP contribution in [-0.4, -0.2) is 20.0 Å². The number of nitrogens with one attached hydrogen (secondary N) is 1. The summed E-state index contributed by atoms with van der Waals surface area (Å²) in [6.45, 7) is 0.636. The Balaban J connectivity index is 1.89. The summed E-state index contributed by atoms with van der Waals surface area (Å²) in [4.78, 5) is 14.0. The van der Waals surface area contributed by atoms with Gasteiger partial charge >= 0.3 is 0 Å². The summed E-state index contributed by atoms with van der Waals surface area (Å²) in [5.41, 5.74) is 2.33. The molecular formula is C15H22N2O. The summed E-state index contributed by atoms with van der Waals surface area (Å²) in [5.74, 6) is 0.477. The second kappa shape index (κ2) is 5.89. The van der Waals surface area contributed by atoms with Gasteiger partial charge in [0.15, 0.2) is 0 Å². The Morgan fingerprint density at radius 1 is 1.33 bits per heavy atom. The minimum atomic E-state index is 0.225. The number of hydrogen-bond acceptors (Lipinski definition) is 2. The topological polar surface area (TPSA) is 32.3 Å². The van der Waals surface area contributed by atoms with Crippen LogP contribution >= 0.6 is 0 Å². The van der Waals surface area contributed by atoms with Gasteiger partial charge < -0.3 is 10.2 Å². The maximum absolute atomic E-state index is 11.9. The van der Waals surface area contributed by atoms with Gasteiger partial charge in [-0.25, -0.2) is 0 Å². The average molecular weight is 246 g/mol. The third kappa shape index (κ3) is 3.25. The van der Waals surface area contributed by atoms with Gasteiger partial charge in [-0.15, -0.1) is 0 Å². The molecule has 0 atom stereocenters. The molecule has 98 valence electrons. The number of rotatable bonds is 4. The molecule has 1 amide bonds. The molecule has 1 aromatic carbocycles. The van der Waals surface area contributed by atoms with Crippen molar-refractivity contribution in [3.8, 4) is 0 Å². The van der Waals surface area contributed by atoms with E-state index < -0.39 is 0 Å². The highest BCUT2D eigenvalue weighted by Gasteiger charge is 2.21. The number of anilines is 1. The molecule has 1 saturated carbocycles. The summed E-state index contributed by atoms with van der Waals surface area (Å²) in [7, 11) is 4.05. The summed E-state index contributed by atoms with van der Waals surface area (Å²) < 4.78 is 0. The molecule has 0 radical (unpaired) electrons. The Morgan fingerprint density at radius 2 is 2.06 bits per heavy atom. The van der Waals surface area contributed by atoms with E-state index in [-0.39, 0.29) is 11.8 Å². The summed E-state index contributed by atoms with van der Waals surface area (Å²) in [5, 5.41) is 3.05. The van der Waals surface area contributed by atoms with Crippen LogP contribution in [0.5, 0.6) is 0 Å². The van der Waals surface area contributed by atoms with E-state index in [1.807, 2.05) is 20.2 Å². The standard InChI is InChI=1S/C15H22N2O/c1-17(2)14-9-5-6-12(10-14)11-16-15(18)13-7-3-4-8-13/h5-6,9-10,13H,3-4,7-8,11H2,1-2H3,(H,16,18). The molecule has 0 saturated heterocycles. The smallest absolute Gasteiger partial charge is 0.223 e. The zero-order valence-corrected chi connectivity index (χ0v) is 11.3. The fraction of sp³-hybridized carbons (Fsp3) is 0.533. The quantitative estimate of drug-likeness (QED) is 0.885. The van der Waals surface area contributed by atoms with E-state index in [0.717, 1.165) is 18.4 Å². The largest absolute Gasteiger partial charge is 0.378 e. The molecule has 1 aliphatic carbocycles. The second-order valence-electron chi connectivity index (χ2n) is 5.26. The van der Waals surface area contributed by atoms with Gasteiger partial charge in [-0.3, -0.25) is 4.79 Å². The number of hydrogen-bond donors (Lipinski definition) is 1. The lowest BCUT2D eigenvalue weighted by atomic mass is 10.1. The number of nitrogens with zero attached hydrogens (tertiary/aromatic N) is 1. The monoisotopic (exact) mass is 246 g/mol. The molecule has 1 fully saturated rings. The Morgan fingerprint density at radius 3 is 2.72 bits per heavy atom. The van der Waals surface area contributed by atoms with Crippen LogP contribution in [-0.2, 0) is 11.3 Å². The highest BCUT2D eigenvalue weighted by Crippen LogP contribution is 2.24. The molecule has 0 unspecified atom stereocenters. The highest BCUT2D eigenvalue weighted by molar-refractivity contribution is 5.78. The molecule has 0 heterocycles. The van der Waals surface area contributed by atoms with Crippen molar-refractivity contribution < 1.29 is 4.79 Å². The van der Waals surface area contributed by atoms with Crippen molar-refractivity contribution in [3.63, 3.8) is 0 Å². The first-order valence-corrected chi connectivity index (χ1v) is 6.71. The molecule has 1 aromatic rings. The Kier molecular flexibility index (Phi) is 4.24.